The number of aromatic nitrogens is 1. The molecule has 116 valence electrons. The largest absolute Gasteiger partial charge is 0.481 e. The van der Waals surface area contributed by atoms with E-state index < -0.39 is 17.9 Å². The molecule has 1 aromatic carbocycles. The zero-order chi connectivity index (χ0) is 16.3. The molecule has 0 spiro atoms. The molecule has 6 heteroatoms. The SMILES string of the molecule is Cn1cc(C(=O)[C@@H](CCC(=O)O)CC(=O)O)c2ccccc21. The van der Waals surface area contributed by atoms with Crippen molar-refractivity contribution in [3.63, 3.8) is 0 Å². The Hall–Kier alpha value is -2.63. The Kier molecular flexibility index (Phi) is 4.60. The average molecular weight is 303 g/mol. The van der Waals surface area contributed by atoms with Crippen molar-refractivity contribution in [1.82, 2.24) is 4.57 Å². The van der Waals surface area contributed by atoms with Crippen molar-refractivity contribution in [2.24, 2.45) is 13.0 Å². The third-order valence-electron chi connectivity index (χ3n) is 3.66. The molecule has 0 amide bonds. The van der Waals surface area contributed by atoms with Crippen LogP contribution >= 0.6 is 0 Å². The van der Waals surface area contributed by atoms with Crippen molar-refractivity contribution in [2.75, 3.05) is 0 Å². The second-order valence-electron chi connectivity index (χ2n) is 5.26. The van der Waals surface area contributed by atoms with E-state index in [1.807, 2.05) is 25.2 Å². The first-order valence-electron chi connectivity index (χ1n) is 6.92. The Bertz CT molecular complexity index is 731. The lowest BCUT2D eigenvalue weighted by molar-refractivity contribution is -0.140. The Morgan fingerprint density at radius 1 is 1.14 bits per heavy atom. The number of hydrogen-bond acceptors (Lipinski definition) is 3. The second kappa shape index (κ2) is 6.43. The second-order valence-corrected chi connectivity index (χ2v) is 5.26. The van der Waals surface area contributed by atoms with Crippen molar-refractivity contribution in [3.05, 3.63) is 36.0 Å². The topological polar surface area (TPSA) is 96.6 Å². The number of carbonyl (C=O) groups excluding carboxylic acids is 1. The number of fused-ring (bicyclic) bond motifs is 1. The summed E-state index contributed by atoms with van der Waals surface area (Å²) in [4.78, 5) is 34.3. The molecule has 0 unspecified atom stereocenters. The van der Waals surface area contributed by atoms with E-state index in [9.17, 15) is 14.4 Å². The predicted molar refractivity (Wildman–Crippen MR) is 79.9 cm³/mol. The Morgan fingerprint density at radius 3 is 2.45 bits per heavy atom. The van der Waals surface area contributed by atoms with Gasteiger partial charge in [-0.1, -0.05) is 18.2 Å². The van der Waals surface area contributed by atoms with Gasteiger partial charge in [-0.3, -0.25) is 14.4 Å². The predicted octanol–water partition coefficient (Wildman–Crippen LogP) is 2.32. The van der Waals surface area contributed by atoms with E-state index in [1.54, 1.807) is 16.8 Å². The Balaban J connectivity index is 2.35. The molecule has 1 atom stereocenters. The lowest BCUT2D eigenvalue weighted by Crippen LogP contribution is -2.19. The molecule has 2 rings (SSSR count). The highest BCUT2D eigenvalue weighted by Crippen LogP contribution is 2.26. The van der Waals surface area contributed by atoms with Crippen LogP contribution in [-0.4, -0.2) is 32.5 Å². The maximum atomic E-state index is 12.7. The van der Waals surface area contributed by atoms with Crippen LogP contribution in [-0.2, 0) is 16.6 Å². The van der Waals surface area contributed by atoms with E-state index in [0.717, 1.165) is 10.9 Å². The van der Waals surface area contributed by atoms with Gasteiger partial charge in [0.05, 0.1) is 6.42 Å². The number of benzene rings is 1. The van der Waals surface area contributed by atoms with E-state index in [4.69, 9.17) is 10.2 Å². The number of nitrogens with zero attached hydrogens (tertiary/aromatic N) is 1. The molecule has 0 radical (unpaired) electrons. The fraction of sp³-hybridized carbons (Fsp3) is 0.312. The molecule has 1 aromatic heterocycles. The van der Waals surface area contributed by atoms with Gasteiger partial charge >= 0.3 is 11.9 Å². The molecule has 2 N–H and O–H groups in total. The van der Waals surface area contributed by atoms with Crippen LogP contribution in [0.1, 0.15) is 29.6 Å². The van der Waals surface area contributed by atoms with Crippen LogP contribution in [0.4, 0.5) is 0 Å². The standard InChI is InChI=1S/C16H17NO5/c1-17-9-12(11-4-2-3-5-13(11)17)16(22)10(8-15(20)21)6-7-14(18)19/h2-5,9-10H,6-8H2,1H3,(H,18,19)(H,20,21)/t10-/m0/s1. The summed E-state index contributed by atoms with van der Waals surface area (Å²) in [7, 11) is 1.81. The van der Waals surface area contributed by atoms with Gasteiger partial charge in [-0.15, -0.1) is 0 Å². The molecule has 0 aliphatic rings. The number of para-hydroxylation sites is 1. The normalized spacial score (nSPS) is 12.2. The van der Waals surface area contributed by atoms with E-state index in [1.165, 1.54) is 0 Å². The van der Waals surface area contributed by atoms with Crippen LogP contribution in [0.2, 0.25) is 0 Å². The van der Waals surface area contributed by atoms with E-state index in [2.05, 4.69) is 0 Å². The zero-order valence-corrected chi connectivity index (χ0v) is 12.2. The molecule has 0 aliphatic carbocycles. The summed E-state index contributed by atoms with van der Waals surface area (Å²) < 4.78 is 1.80. The first-order valence-corrected chi connectivity index (χ1v) is 6.92. The van der Waals surface area contributed by atoms with Crippen LogP contribution in [0.3, 0.4) is 0 Å². The number of aryl methyl sites for hydroxylation is 1. The van der Waals surface area contributed by atoms with Crippen LogP contribution in [0.5, 0.6) is 0 Å². The third kappa shape index (κ3) is 3.33. The first kappa shape index (κ1) is 15.8. The number of carbonyl (C=O) groups is 3. The molecule has 1 heterocycles. The van der Waals surface area contributed by atoms with Gasteiger partial charge < -0.3 is 14.8 Å². The molecular formula is C16H17NO5. The molecular weight excluding hydrogens is 286 g/mol. The lowest BCUT2D eigenvalue weighted by atomic mass is 9.90. The highest BCUT2D eigenvalue weighted by Gasteiger charge is 2.26. The number of carboxylic acids is 2. The summed E-state index contributed by atoms with van der Waals surface area (Å²) in [5, 5.41) is 18.5. The van der Waals surface area contributed by atoms with Crippen LogP contribution < -0.4 is 0 Å². The van der Waals surface area contributed by atoms with Crippen molar-refractivity contribution in [2.45, 2.75) is 19.3 Å². The third-order valence-corrected chi connectivity index (χ3v) is 3.66. The maximum absolute atomic E-state index is 12.7. The van der Waals surface area contributed by atoms with Gasteiger partial charge in [0.2, 0.25) is 0 Å². The van der Waals surface area contributed by atoms with Crippen molar-refractivity contribution < 1.29 is 24.6 Å². The van der Waals surface area contributed by atoms with Gasteiger partial charge in [0, 0.05) is 42.0 Å². The van der Waals surface area contributed by atoms with Crippen LogP contribution in [0.25, 0.3) is 10.9 Å². The van der Waals surface area contributed by atoms with Gasteiger partial charge in [-0.05, 0) is 12.5 Å². The summed E-state index contributed by atoms with van der Waals surface area (Å²) in [6, 6.07) is 7.34. The Labute approximate surface area is 127 Å². The van der Waals surface area contributed by atoms with Gasteiger partial charge in [-0.2, -0.15) is 0 Å². The lowest BCUT2D eigenvalue weighted by Gasteiger charge is -2.12. The van der Waals surface area contributed by atoms with Crippen molar-refractivity contribution in [1.29, 1.82) is 0 Å². The minimum absolute atomic E-state index is 0.0175. The summed E-state index contributed by atoms with van der Waals surface area (Å²) in [6.45, 7) is 0. The quantitative estimate of drug-likeness (QED) is 0.765. The number of aliphatic carboxylic acids is 2. The summed E-state index contributed by atoms with van der Waals surface area (Å²) >= 11 is 0. The fourth-order valence-electron chi connectivity index (χ4n) is 2.59. The zero-order valence-electron chi connectivity index (χ0n) is 12.2. The van der Waals surface area contributed by atoms with Gasteiger partial charge in [0.1, 0.15) is 0 Å². The first-order chi connectivity index (χ1) is 10.4. The smallest absolute Gasteiger partial charge is 0.304 e. The van der Waals surface area contributed by atoms with Gasteiger partial charge in [-0.25, -0.2) is 0 Å². The van der Waals surface area contributed by atoms with E-state index in [-0.39, 0.29) is 25.0 Å². The fourth-order valence-corrected chi connectivity index (χ4v) is 2.59. The number of rotatable bonds is 7. The minimum atomic E-state index is -1.11. The summed E-state index contributed by atoms with van der Waals surface area (Å²) in [5.41, 5.74) is 1.31. The monoisotopic (exact) mass is 303 g/mol. The van der Waals surface area contributed by atoms with Crippen molar-refractivity contribution in [3.8, 4) is 0 Å². The molecule has 0 saturated heterocycles. The summed E-state index contributed by atoms with van der Waals surface area (Å²) in [5.74, 6) is -3.30. The molecule has 0 fully saturated rings. The van der Waals surface area contributed by atoms with Gasteiger partial charge in [0.25, 0.3) is 0 Å². The van der Waals surface area contributed by atoms with Crippen LogP contribution in [0.15, 0.2) is 30.5 Å². The molecule has 2 aromatic rings. The maximum Gasteiger partial charge on any atom is 0.304 e. The van der Waals surface area contributed by atoms with E-state index >= 15 is 0 Å². The molecule has 22 heavy (non-hydrogen) atoms. The minimum Gasteiger partial charge on any atom is -0.481 e. The van der Waals surface area contributed by atoms with Crippen molar-refractivity contribution >= 4 is 28.6 Å². The molecule has 0 bridgehead atoms. The van der Waals surface area contributed by atoms with E-state index in [0.29, 0.717) is 5.56 Å². The van der Waals surface area contributed by atoms with Crippen LogP contribution in [0, 0.1) is 5.92 Å². The summed E-state index contributed by atoms with van der Waals surface area (Å²) in [6.07, 6.45) is 1.09. The Morgan fingerprint density at radius 2 is 1.82 bits per heavy atom. The highest BCUT2D eigenvalue weighted by atomic mass is 16.4. The number of hydrogen-bond donors (Lipinski definition) is 2. The highest BCUT2D eigenvalue weighted by molar-refractivity contribution is 6.09. The number of Topliss-reactive ketones (excluding diaryl/α,β-unsaturated/α-hetero) is 1. The average Bonchev–Trinajstić information content (AvgIpc) is 2.80. The molecule has 0 saturated carbocycles. The number of carboxylic acid groups (broad SMARTS) is 2. The molecule has 0 aliphatic heterocycles. The molecule has 6 nitrogen and oxygen atoms in total. The van der Waals surface area contributed by atoms with Gasteiger partial charge in [0.15, 0.2) is 5.78 Å². The number of ketones is 1.